The zero-order valence-corrected chi connectivity index (χ0v) is 16.4. The number of para-hydroxylation sites is 1. The van der Waals surface area contributed by atoms with Crippen molar-refractivity contribution >= 4 is 33.0 Å². The van der Waals surface area contributed by atoms with Crippen LogP contribution in [0.1, 0.15) is 20.9 Å². The van der Waals surface area contributed by atoms with Crippen molar-refractivity contribution in [1.29, 1.82) is 0 Å². The molecule has 2 heterocycles. The van der Waals surface area contributed by atoms with Gasteiger partial charge in [-0.2, -0.15) is 0 Å². The maximum Gasteiger partial charge on any atom is 0.295 e. The summed E-state index contributed by atoms with van der Waals surface area (Å²) >= 11 is 1.22. The zero-order valence-electron chi connectivity index (χ0n) is 15.6. The molecule has 1 amide bonds. The Morgan fingerprint density at radius 3 is 2.46 bits per heavy atom. The molecule has 0 radical (unpaired) electrons. The van der Waals surface area contributed by atoms with Crippen LogP contribution in [0.25, 0.3) is 15.8 Å². The lowest BCUT2D eigenvalue weighted by Gasteiger charge is -2.07. The van der Waals surface area contributed by atoms with Crippen LogP contribution in [0.5, 0.6) is 0 Å². The third kappa shape index (κ3) is 2.75. The van der Waals surface area contributed by atoms with Crippen molar-refractivity contribution in [1.82, 2.24) is 9.36 Å². The van der Waals surface area contributed by atoms with Crippen molar-refractivity contribution < 1.29 is 9.18 Å². The second-order valence-corrected chi connectivity index (χ2v) is 7.61. The molecule has 0 atom stereocenters. The van der Waals surface area contributed by atoms with Gasteiger partial charge in [-0.1, -0.05) is 24.3 Å². The molecule has 0 aliphatic heterocycles. The lowest BCUT2D eigenvalue weighted by Crippen LogP contribution is -2.22. The van der Waals surface area contributed by atoms with Gasteiger partial charge in [0, 0.05) is 17.1 Å². The first-order chi connectivity index (χ1) is 13.4. The fraction of sp³-hybridized carbons (Fsp3) is 0.143. The smallest absolute Gasteiger partial charge is 0.295 e. The van der Waals surface area contributed by atoms with Gasteiger partial charge < -0.3 is 5.32 Å². The van der Waals surface area contributed by atoms with E-state index in [1.807, 2.05) is 30.3 Å². The van der Waals surface area contributed by atoms with Crippen molar-refractivity contribution in [3.05, 3.63) is 80.8 Å². The first-order valence-corrected chi connectivity index (χ1v) is 9.54. The highest BCUT2D eigenvalue weighted by Crippen LogP contribution is 2.33. The van der Waals surface area contributed by atoms with Crippen LogP contribution in [-0.2, 0) is 7.05 Å². The Morgan fingerprint density at radius 1 is 1.07 bits per heavy atom. The van der Waals surface area contributed by atoms with Gasteiger partial charge in [-0.05, 0) is 43.7 Å². The highest BCUT2D eigenvalue weighted by atomic mass is 32.1. The summed E-state index contributed by atoms with van der Waals surface area (Å²) in [5, 5.41) is 3.19. The first-order valence-electron chi connectivity index (χ1n) is 8.73. The number of fused-ring (bicyclic) bond motifs is 1. The Morgan fingerprint density at radius 2 is 1.79 bits per heavy atom. The highest BCUT2D eigenvalue weighted by molar-refractivity contribution is 7.21. The molecule has 2 aromatic carbocycles. The molecule has 4 rings (SSSR count). The van der Waals surface area contributed by atoms with Crippen LogP contribution in [-0.4, -0.2) is 15.3 Å². The number of benzene rings is 2. The molecule has 0 saturated heterocycles. The molecule has 5 nitrogen and oxygen atoms in total. The number of hydrogen-bond donors (Lipinski definition) is 1. The summed E-state index contributed by atoms with van der Waals surface area (Å²) in [6, 6.07) is 14.0. The summed E-state index contributed by atoms with van der Waals surface area (Å²) in [4.78, 5) is 26.3. The minimum Gasteiger partial charge on any atom is -0.315 e. The quantitative estimate of drug-likeness (QED) is 0.559. The average molecular weight is 395 g/mol. The van der Waals surface area contributed by atoms with Crippen LogP contribution in [0.3, 0.4) is 0 Å². The SMILES string of the molecule is Cc1c(C(=O)Nc2c(C)n(C)n(-c3ccccc3)c2=O)sc2cccc(F)c12. The van der Waals surface area contributed by atoms with Crippen LogP contribution in [0.2, 0.25) is 0 Å². The molecule has 4 aromatic rings. The summed E-state index contributed by atoms with van der Waals surface area (Å²) in [7, 11) is 1.76. The summed E-state index contributed by atoms with van der Waals surface area (Å²) in [5.74, 6) is -0.767. The third-order valence-electron chi connectivity index (χ3n) is 4.90. The molecule has 1 N–H and O–H groups in total. The molecule has 7 heteroatoms. The minimum absolute atomic E-state index is 0.216. The van der Waals surface area contributed by atoms with Gasteiger partial charge >= 0.3 is 0 Å². The van der Waals surface area contributed by atoms with Gasteiger partial charge in [-0.15, -0.1) is 11.3 Å². The maximum atomic E-state index is 14.1. The largest absolute Gasteiger partial charge is 0.315 e. The highest BCUT2D eigenvalue weighted by Gasteiger charge is 2.22. The Kier molecular flexibility index (Phi) is 4.39. The van der Waals surface area contributed by atoms with E-state index >= 15 is 0 Å². The summed E-state index contributed by atoms with van der Waals surface area (Å²) in [5.41, 5.74) is 1.82. The molecule has 0 bridgehead atoms. The molecule has 0 unspecified atom stereocenters. The van der Waals surface area contributed by atoms with Crippen LogP contribution < -0.4 is 10.9 Å². The van der Waals surface area contributed by atoms with Crippen LogP contribution in [0.15, 0.2) is 53.3 Å². The number of carbonyl (C=O) groups excluding carboxylic acids is 1. The fourth-order valence-corrected chi connectivity index (χ4v) is 4.47. The molecular weight excluding hydrogens is 377 g/mol. The van der Waals surface area contributed by atoms with E-state index in [9.17, 15) is 14.0 Å². The van der Waals surface area contributed by atoms with Crippen LogP contribution in [0, 0.1) is 19.7 Å². The summed E-state index contributed by atoms with van der Waals surface area (Å²) in [6.07, 6.45) is 0. The Hall–Kier alpha value is -3.19. The van der Waals surface area contributed by atoms with Gasteiger partial charge in [0.1, 0.15) is 11.5 Å². The molecule has 0 aliphatic rings. The Bertz CT molecular complexity index is 1270. The van der Waals surface area contributed by atoms with E-state index in [-0.39, 0.29) is 17.1 Å². The van der Waals surface area contributed by atoms with E-state index in [2.05, 4.69) is 5.32 Å². The lowest BCUT2D eigenvalue weighted by atomic mass is 10.1. The average Bonchev–Trinajstić information content (AvgIpc) is 3.13. The monoisotopic (exact) mass is 395 g/mol. The summed E-state index contributed by atoms with van der Waals surface area (Å²) < 4.78 is 18.0. The van der Waals surface area contributed by atoms with Gasteiger partial charge in [-0.25, -0.2) is 9.07 Å². The van der Waals surface area contributed by atoms with E-state index in [0.717, 1.165) is 0 Å². The van der Waals surface area contributed by atoms with Gasteiger partial charge in [0.05, 0.1) is 16.3 Å². The standard InChI is InChI=1S/C21H18FN3O2S/c1-12-17-15(22)10-7-11-16(17)28-19(12)20(26)23-18-13(2)24(3)25(21(18)27)14-8-5-4-6-9-14/h4-11H,1-3H3,(H,23,26). The van der Waals surface area contributed by atoms with E-state index in [1.54, 1.807) is 37.7 Å². The van der Waals surface area contributed by atoms with Gasteiger partial charge in [0.2, 0.25) is 0 Å². The number of rotatable bonds is 3. The number of nitrogens with zero attached hydrogens (tertiary/aromatic N) is 2. The van der Waals surface area contributed by atoms with E-state index < -0.39 is 5.91 Å². The van der Waals surface area contributed by atoms with E-state index in [1.165, 1.54) is 22.1 Å². The van der Waals surface area contributed by atoms with E-state index in [0.29, 0.717) is 31.9 Å². The predicted octanol–water partition coefficient (Wildman–Crippen LogP) is 4.40. The molecule has 0 saturated carbocycles. The van der Waals surface area contributed by atoms with Crippen molar-refractivity contribution in [3.63, 3.8) is 0 Å². The minimum atomic E-state index is -0.413. The van der Waals surface area contributed by atoms with E-state index in [4.69, 9.17) is 0 Å². The van der Waals surface area contributed by atoms with Crippen LogP contribution in [0.4, 0.5) is 10.1 Å². The first kappa shape index (κ1) is 18.2. The number of halogens is 1. The third-order valence-corrected chi connectivity index (χ3v) is 6.16. The fourth-order valence-electron chi connectivity index (χ4n) is 3.35. The number of thiophene rings is 1. The number of aromatic nitrogens is 2. The number of aryl methyl sites for hydroxylation is 1. The second-order valence-electron chi connectivity index (χ2n) is 6.56. The Labute approximate surface area is 164 Å². The number of anilines is 1. The van der Waals surface area contributed by atoms with Crippen LogP contribution >= 0.6 is 11.3 Å². The van der Waals surface area contributed by atoms with Crippen molar-refractivity contribution in [2.75, 3.05) is 5.32 Å². The zero-order chi connectivity index (χ0) is 20.0. The molecule has 28 heavy (non-hydrogen) atoms. The van der Waals surface area contributed by atoms with Crippen molar-refractivity contribution in [3.8, 4) is 5.69 Å². The lowest BCUT2D eigenvalue weighted by molar-refractivity contribution is 0.103. The van der Waals surface area contributed by atoms with Crippen molar-refractivity contribution in [2.45, 2.75) is 13.8 Å². The molecule has 0 aliphatic carbocycles. The Balaban J connectivity index is 1.77. The van der Waals surface area contributed by atoms with Gasteiger partial charge in [-0.3, -0.25) is 14.3 Å². The normalized spacial score (nSPS) is 11.1. The number of hydrogen-bond acceptors (Lipinski definition) is 3. The molecule has 2 aromatic heterocycles. The topological polar surface area (TPSA) is 56.0 Å². The second kappa shape index (κ2) is 6.76. The molecule has 142 valence electrons. The maximum absolute atomic E-state index is 14.1. The molecular formula is C21H18FN3O2S. The molecule has 0 fully saturated rings. The predicted molar refractivity (Wildman–Crippen MR) is 110 cm³/mol. The molecule has 0 spiro atoms. The number of amides is 1. The number of nitrogens with one attached hydrogen (secondary N) is 1. The number of carbonyl (C=O) groups is 1. The van der Waals surface area contributed by atoms with Crippen molar-refractivity contribution in [2.24, 2.45) is 7.05 Å². The van der Waals surface area contributed by atoms with Gasteiger partial charge in [0.25, 0.3) is 11.5 Å². The summed E-state index contributed by atoms with van der Waals surface area (Å²) in [6.45, 7) is 3.49. The van der Waals surface area contributed by atoms with Gasteiger partial charge in [0.15, 0.2) is 0 Å².